The molecule has 0 aliphatic carbocycles. The van der Waals surface area contributed by atoms with Gasteiger partial charge in [-0.05, 0) is 24.6 Å². The van der Waals surface area contributed by atoms with Gasteiger partial charge in [0.15, 0.2) is 0 Å². The molecule has 1 aromatic rings. The number of benzene rings is 1. The van der Waals surface area contributed by atoms with Crippen LogP contribution in [0.3, 0.4) is 0 Å². The number of hydrogen-bond donors (Lipinski definition) is 1. The topological polar surface area (TPSA) is 15.3 Å². The average molecular weight is 304 g/mol. The molecule has 0 spiro atoms. The Morgan fingerprint density at radius 3 is 3.06 bits per heavy atom. The lowest BCUT2D eigenvalue weighted by atomic mass is 10.1. The van der Waals surface area contributed by atoms with Gasteiger partial charge < -0.3 is 5.32 Å². The first-order valence-corrected chi connectivity index (χ1v) is 6.72. The van der Waals surface area contributed by atoms with Crippen molar-refractivity contribution in [2.75, 3.05) is 19.6 Å². The Morgan fingerprint density at radius 2 is 2.38 bits per heavy atom. The monoisotopic (exact) mass is 302 g/mol. The molecule has 16 heavy (non-hydrogen) atoms. The van der Waals surface area contributed by atoms with Crippen molar-refractivity contribution in [2.24, 2.45) is 0 Å². The Bertz CT molecular complexity index is 370. The van der Waals surface area contributed by atoms with E-state index in [4.69, 9.17) is 11.6 Å². The van der Waals surface area contributed by atoms with Gasteiger partial charge in [-0.25, -0.2) is 0 Å². The van der Waals surface area contributed by atoms with Crippen molar-refractivity contribution in [2.45, 2.75) is 19.5 Å². The molecule has 1 unspecified atom stereocenters. The second kappa shape index (κ2) is 5.50. The van der Waals surface area contributed by atoms with Crippen molar-refractivity contribution in [3.8, 4) is 0 Å². The fourth-order valence-corrected chi connectivity index (χ4v) is 2.85. The van der Waals surface area contributed by atoms with Crippen LogP contribution in [0.15, 0.2) is 22.7 Å². The first-order chi connectivity index (χ1) is 7.65. The molecule has 88 valence electrons. The summed E-state index contributed by atoms with van der Waals surface area (Å²) in [5.74, 6) is 0. The van der Waals surface area contributed by atoms with E-state index in [9.17, 15) is 0 Å². The molecule has 1 aliphatic rings. The molecule has 2 nitrogen and oxygen atoms in total. The van der Waals surface area contributed by atoms with Crippen LogP contribution in [0.4, 0.5) is 0 Å². The Morgan fingerprint density at radius 1 is 1.56 bits per heavy atom. The summed E-state index contributed by atoms with van der Waals surface area (Å²) in [6.45, 7) is 6.51. The molecule has 1 N–H and O–H groups in total. The number of halogens is 2. The van der Waals surface area contributed by atoms with Crippen LogP contribution in [0, 0.1) is 0 Å². The summed E-state index contributed by atoms with van der Waals surface area (Å²) in [6, 6.07) is 6.59. The molecule has 1 heterocycles. The maximum atomic E-state index is 5.93. The minimum Gasteiger partial charge on any atom is -0.312 e. The van der Waals surface area contributed by atoms with E-state index in [0.717, 1.165) is 35.7 Å². The second-order valence-corrected chi connectivity index (χ2v) is 5.62. The first-order valence-electron chi connectivity index (χ1n) is 5.55. The predicted octanol–water partition coefficient (Wildman–Crippen LogP) is 2.90. The molecular formula is C12H16BrClN2. The van der Waals surface area contributed by atoms with Gasteiger partial charge in [0.25, 0.3) is 0 Å². The smallest absolute Gasteiger partial charge is 0.0417 e. The molecule has 0 radical (unpaired) electrons. The number of nitrogens with zero attached hydrogens (tertiary/aromatic N) is 1. The minimum atomic E-state index is 0.583. The molecular weight excluding hydrogens is 288 g/mol. The van der Waals surface area contributed by atoms with Crippen LogP contribution in [0.25, 0.3) is 0 Å². The lowest BCUT2D eigenvalue weighted by Crippen LogP contribution is -2.48. The summed E-state index contributed by atoms with van der Waals surface area (Å²) in [6.07, 6.45) is 0. The van der Waals surface area contributed by atoms with Gasteiger partial charge in [-0.1, -0.05) is 33.6 Å². The molecule has 0 amide bonds. The third-order valence-corrected chi connectivity index (χ3v) is 3.84. The molecule has 1 atom stereocenters. The van der Waals surface area contributed by atoms with Gasteiger partial charge in [0.05, 0.1) is 0 Å². The average Bonchev–Trinajstić information content (AvgIpc) is 2.22. The zero-order valence-corrected chi connectivity index (χ0v) is 11.7. The van der Waals surface area contributed by atoms with E-state index in [2.05, 4.69) is 39.1 Å². The quantitative estimate of drug-likeness (QED) is 0.904. The SMILES string of the molecule is CC1CN(Cc2ccc(Cl)cc2Br)CCN1. The van der Waals surface area contributed by atoms with Crippen LogP contribution >= 0.6 is 27.5 Å². The highest BCUT2D eigenvalue weighted by molar-refractivity contribution is 9.10. The van der Waals surface area contributed by atoms with E-state index in [1.54, 1.807) is 0 Å². The number of hydrogen-bond acceptors (Lipinski definition) is 2. The number of rotatable bonds is 2. The van der Waals surface area contributed by atoms with Gasteiger partial charge >= 0.3 is 0 Å². The molecule has 1 saturated heterocycles. The van der Waals surface area contributed by atoms with E-state index in [1.165, 1.54) is 5.56 Å². The van der Waals surface area contributed by atoms with Crippen LogP contribution in [0.2, 0.25) is 5.02 Å². The standard InChI is InChI=1S/C12H16BrClN2/c1-9-7-16(5-4-15-9)8-10-2-3-11(14)6-12(10)13/h2-3,6,9,15H,4-5,7-8H2,1H3. The van der Waals surface area contributed by atoms with Crippen LogP contribution in [-0.2, 0) is 6.54 Å². The molecule has 0 saturated carbocycles. The fourth-order valence-electron chi connectivity index (χ4n) is 2.05. The van der Waals surface area contributed by atoms with E-state index < -0.39 is 0 Å². The lowest BCUT2D eigenvalue weighted by Gasteiger charge is -2.32. The Kier molecular flexibility index (Phi) is 4.25. The van der Waals surface area contributed by atoms with E-state index in [-0.39, 0.29) is 0 Å². The summed E-state index contributed by atoms with van der Waals surface area (Å²) in [5.41, 5.74) is 1.30. The Hall–Kier alpha value is -0.0900. The van der Waals surface area contributed by atoms with Crippen LogP contribution < -0.4 is 5.32 Å². The van der Waals surface area contributed by atoms with Gasteiger partial charge in [-0.2, -0.15) is 0 Å². The van der Waals surface area contributed by atoms with Crippen molar-refractivity contribution >= 4 is 27.5 Å². The first kappa shape index (κ1) is 12.4. The van der Waals surface area contributed by atoms with E-state index >= 15 is 0 Å². The van der Waals surface area contributed by atoms with Gasteiger partial charge in [0.1, 0.15) is 0 Å². The van der Waals surface area contributed by atoms with Crippen LogP contribution in [0.5, 0.6) is 0 Å². The normalized spacial score (nSPS) is 22.3. The van der Waals surface area contributed by atoms with Crippen molar-refractivity contribution in [3.63, 3.8) is 0 Å². The number of nitrogens with one attached hydrogen (secondary N) is 1. The largest absolute Gasteiger partial charge is 0.312 e. The van der Waals surface area contributed by atoms with Crippen LogP contribution in [-0.4, -0.2) is 30.6 Å². The molecule has 1 aromatic carbocycles. The van der Waals surface area contributed by atoms with E-state index in [0.29, 0.717) is 6.04 Å². The molecule has 1 aliphatic heterocycles. The summed E-state index contributed by atoms with van der Waals surface area (Å²) in [4.78, 5) is 2.47. The van der Waals surface area contributed by atoms with Crippen molar-refractivity contribution in [3.05, 3.63) is 33.3 Å². The van der Waals surface area contributed by atoms with Crippen LogP contribution in [0.1, 0.15) is 12.5 Å². The molecule has 1 fully saturated rings. The summed E-state index contributed by atoms with van der Waals surface area (Å²) < 4.78 is 1.10. The minimum absolute atomic E-state index is 0.583. The zero-order valence-electron chi connectivity index (χ0n) is 9.34. The second-order valence-electron chi connectivity index (χ2n) is 4.33. The van der Waals surface area contributed by atoms with Gasteiger partial charge in [-0.15, -0.1) is 0 Å². The molecule has 2 rings (SSSR count). The van der Waals surface area contributed by atoms with Crippen molar-refractivity contribution in [1.82, 2.24) is 10.2 Å². The number of piperazine rings is 1. The predicted molar refractivity (Wildman–Crippen MR) is 71.9 cm³/mol. The highest BCUT2D eigenvalue weighted by Gasteiger charge is 2.16. The summed E-state index contributed by atoms with van der Waals surface area (Å²) >= 11 is 9.49. The molecule has 4 heteroatoms. The Labute approximate surface area is 110 Å². The van der Waals surface area contributed by atoms with Gasteiger partial charge in [0, 0.05) is 41.7 Å². The lowest BCUT2D eigenvalue weighted by molar-refractivity contribution is 0.199. The third-order valence-electron chi connectivity index (χ3n) is 2.86. The highest BCUT2D eigenvalue weighted by Crippen LogP contribution is 2.23. The maximum absolute atomic E-state index is 5.93. The maximum Gasteiger partial charge on any atom is 0.0417 e. The zero-order chi connectivity index (χ0) is 11.5. The van der Waals surface area contributed by atoms with E-state index in [1.807, 2.05) is 12.1 Å². The highest BCUT2D eigenvalue weighted by atomic mass is 79.9. The molecule has 0 bridgehead atoms. The summed E-state index contributed by atoms with van der Waals surface area (Å²) in [5, 5.41) is 4.23. The third kappa shape index (κ3) is 3.20. The molecule has 0 aromatic heterocycles. The van der Waals surface area contributed by atoms with Gasteiger partial charge in [-0.3, -0.25) is 4.90 Å². The van der Waals surface area contributed by atoms with Crippen molar-refractivity contribution in [1.29, 1.82) is 0 Å². The Balaban J connectivity index is 2.02. The van der Waals surface area contributed by atoms with Crippen molar-refractivity contribution < 1.29 is 0 Å². The summed E-state index contributed by atoms with van der Waals surface area (Å²) in [7, 11) is 0. The van der Waals surface area contributed by atoms with Gasteiger partial charge in [0.2, 0.25) is 0 Å². The fraction of sp³-hybridized carbons (Fsp3) is 0.500.